The van der Waals surface area contributed by atoms with Crippen LogP contribution in [0.15, 0.2) is 40.9 Å². The molecule has 0 aliphatic rings. The standard InChI is InChI=1S/C12H14N2O2.ClH/c13-10(8-15)6-11-7-12(16-14-11)9-4-2-1-3-5-9;/h1-5,7,10,15H,6,8,13H2;1H. The SMILES string of the molecule is Cl.NC(CO)Cc1cc(-c2ccccc2)on1. The predicted octanol–water partition coefficient (Wildman–Crippen LogP) is 1.63. The molecule has 2 aromatic rings. The van der Waals surface area contributed by atoms with Gasteiger partial charge in [-0.15, -0.1) is 12.4 Å². The van der Waals surface area contributed by atoms with Gasteiger partial charge in [-0.25, -0.2) is 0 Å². The monoisotopic (exact) mass is 254 g/mol. The lowest BCUT2D eigenvalue weighted by atomic mass is 10.1. The highest BCUT2D eigenvalue weighted by atomic mass is 35.5. The van der Waals surface area contributed by atoms with Crippen LogP contribution >= 0.6 is 12.4 Å². The van der Waals surface area contributed by atoms with Crippen molar-refractivity contribution in [2.75, 3.05) is 6.61 Å². The van der Waals surface area contributed by atoms with Crippen LogP contribution in [0.25, 0.3) is 11.3 Å². The summed E-state index contributed by atoms with van der Waals surface area (Å²) in [5, 5.41) is 12.8. The van der Waals surface area contributed by atoms with Gasteiger partial charge in [0, 0.05) is 24.1 Å². The first kappa shape index (κ1) is 13.7. The Kier molecular flexibility index (Phi) is 5.15. The molecule has 1 unspecified atom stereocenters. The third-order valence-electron chi connectivity index (χ3n) is 2.32. The molecule has 5 heteroatoms. The van der Waals surface area contributed by atoms with E-state index in [4.69, 9.17) is 15.4 Å². The summed E-state index contributed by atoms with van der Waals surface area (Å²) < 4.78 is 5.21. The minimum atomic E-state index is -0.284. The second kappa shape index (κ2) is 6.39. The number of nitrogens with two attached hydrogens (primary N) is 1. The van der Waals surface area contributed by atoms with Gasteiger partial charge in [0.05, 0.1) is 12.3 Å². The Bertz CT molecular complexity index is 445. The van der Waals surface area contributed by atoms with Crippen LogP contribution in [0.3, 0.4) is 0 Å². The molecule has 3 N–H and O–H groups in total. The van der Waals surface area contributed by atoms with Crippen LogP contribution in [0, 0.1) is 0 Å². The molecular weight excluding hydrogens is 240 g/mol. The number of aliphatic hydroxyl groups excluding tert-OH is 1. The molecule has 1 aromatic carbocycles. The van der Waals surface area contributed by atoms with E-state index < -0.39 is 0 Å². The highest BCUT2D eigenvalue weighted by Crippen LogP contribution is 2.19. The predicted molar refractivity (Wildman–Crippen MR) is 68.0 cm³/mol. The molecule has 1 atom stereocenters. The summed E-state index contributed by atoms with van der Waals surface area (Å²) in [7, 11) is 0. The quantitative estimate of drug-likeness (QED) is 0.870. The molecule has 1 aromatic heterocycles. The van der Waals surface area contributed by atoms with Crippen LogP contribution in [0.1, 0.15) is 5.69 Å². The maximum Gasteiger partial charge on any atom is 0.167 e. The Morgan fingerprint density at radius 1 is 1.29 bits per heavy atom. The van der Waals surface area contributed by atoms with Gasteiger partial charge in [-0.2, -0.15) is 0 Å². The zero-order valence-electron chi connectivity index (χ0n) is 9.24. The first-order valence-electron chi connectivity index (χ1n) is 5.17. The zero-order valence-corrected chi connectivity index (χ0v) is 10.1. The van der Waals surface area contributed by atoms with E-state index >= 15 is 0 Å². The first-order chi connectivity index (χ1) is 7.79. The molecule has 2 rings (SSSR count). The Morgan fingerprint density at radius 2 is 2.00 bits per heavy atom. The van der Waals surface area contributed by atoms with E-state index in [-0.39, 0.29) is 25.1 Å². The lowest BCUT2D eigenvalue weighted by Crippen LogP contribution is -2.26. The fraction of sp³-hybridized carbons (Fsp3) is 0.250. The highest BCUT2D eigenvalue weighted by molar-refractivity contribution is 5.85. The van der Waals surface area contributed by atoms with Gasteiger partial charge in [-0.05, 0) is 0 Å². The minimum absolute atomic E-state index is 0. The topological polar surface area (TPSA) is 72.3 Å². The molecule has 4 nitrogen and oxygen atoms in total. The average molecular weight is 255 g/mol. The Labute approximate surface area is 106 Å². The smallest absolute Gasteiger partial charge is 0.167 e. The van der Waals surface area contributed by atoms with E-state index in [1.54, 1.807) is 0 Å². The Balaban J connectivity index is 0.00000144. The first-order valence-corrected chi connectivity index (χ1v) is 5.17. The van der Waals surface area contributed by atoms with E-state index in [9.17, 15) is 0 Å². The number of aliphatic hydroxyl groups is 1. The summed E-state index contributed by atoms with van der Waals surface area (Å²) in [5.41, 5.74) is 7.37. The lowest BCUT2D eigenvalue weighted by molar-refractivity contribution is 0.263. The normalized spacial score (nSPS) is 11.9. The van der Waals surface area contributed by atoms with Crippen LogP contribution in [0.4, 0.5) is 0 Å². The van der Waals surface area contributed by atoms with E-state index in [0.29, 0.717) is 6.42 Å². The van der Waals surface area contributed by atoms with Crippen molar-refractivity contribution in [3.63, 3.8) is 0 Å². The molecular formula is C12H15ClN2O2. The molecule has 0 fully saturated rings. The summed E-state index contributed by atoms with van der Waals surface area (Å²) in [6.45, 7) is -0.0481. The van der Waals surface area contributed by atoms with Gasteiger partial charge >= 0.3 is 0 Å². The highest BCUT2D eigenvalue weighted by Gasteiger charge is 2.09. The fourth-order valence-electron chi connectivity index (χ4n) is 1.48. The average Bonchev–Trinajstić information content (AvgIpc) is 2.78. The van der Waals surface area contributed by atoms with Crippen molar-refractivity contribution >= 4 is 12.4 Å². The van der Waals surface area contributed by atoms with E-state index in [1.807, 2.05) is 36.4 Å². The summed E-state index contributed by atoms with van der Waals surface area (Å²) in [4.78, 5) is 0. The van der Waals surface area contributed by atoms with Crippen molar-refractivity contribution in [3.8, 4) is 11.3 Å². The molecule has 92 valence electrons. The maximum absolute atomic E-state index is 8.84. The zero-order chi connectivity index (χ0) is 11.4. The maximum atomic E-state index is 8.84. The summed E-state index contributed by atoms with van der Waals surface area (Å²) >= 11 is 0. The number of rotatable bonds is 4. The van der Waals surface area contributed by atoms with Crippen molar-refractivity contribution in [1.82, 2.24) is 5.16 Å². The van der Waals surface area contributed by atoms with Crippen LogP contribution < -0.4 is 5.73 Å². The number of halogens is 1. The van der Waals surface area contributed by atoms with E-state index in [0.717, 1.165) is 17.0 Å². The van der Waals surface area contributed by atoms with Crippen LogP contribution in [0.5, 0.6) is 0 Å². The van der Waals surface area contributed by atoms with Gasteiger partial charge < -0.3 is 15.4 Å². The van der Waals surface area contributed by atoms with Crippen LogP contribution in [0.2, 0.25) is 0 Å². The number of nitrogens with zero attached hydrogens (tertiary/aromatic N) is 1. The molecule has 0 amide bonds. The molecule has 1 heterocycles. The largest absolute Gasteiger partial charge is 0.395 e. The van der Waals surface area contributed by atoms with E-state index in [2.05, 4.69) is 5.16 Å². The van der Waals surface area contributed by atoms with Gasteiger partial charge in [-0.3, -0.25) is 0 Å². The minimum Gasteiger partial charge on any atom is -0.395 e. The van der Waals surface area contributed by atoms with Crippen LogP contribution in [-0.2, 0) is 6.42 Å². The second-order valence-electron chi connectivity index (χ2n) is 3.70. The van der Waals surface area contributed by atoms with Crippen LogP contribution in [-0.4, -0.2) is 22.9 Å². The summed E-state index contributed by atoms with van der Waals surface area (Å²) in [5.74, 6) is 0.723. The third-order valence-corrected chi connectivity index (χ3v) is 2.32. The fourth-order valence-corrected chi connectivity index (χ4v) is 1.48. The van der Waals surface area contributed by atoms with Crippen molar-refractivity contribution in [3.05, 3.63) is 42.1 Å². The third kappa shape index (κ3) is 3.56. The lowest BCUT2D eigenvalue weighted by Gasteiger charge is -2.02. The molecule has 0 bridgehead atoms. The van der Waals surface area contributed by atoms with Crippen molar-refractivity contribution < 1.29 is 9.63 Å². The number of aromatic nitrogens is 1. The summed E-state index contributed by atoms with van der Waals surface area (Å²) in [6, 6.07) is 11.3. The van der Waals surface area contributed by atoms with Crippen molar-refractivity contribution in [2.45, 2.75) is 12.5 Å². The molecule has 0 spiro atoms. The van der Waals surface area contributed by atoms with Gasteiger partial charge in [0.25, 0.3) is 0 Å². The molecule has 0 aliphatic carbocycles. The van der Waals surface area contributed by atoms with Gasteiger partial charge in [0.1, 0.15) is 0 Å². The van der Waals surface area contributed by atoms with Gasteiger partial charge in [0.15, 0.2) is 5.76 Å². The van der Waals surface area contributed by atoms with Gasteiger partial charge in [-0.1, -0.05) is 35.5 Å². The van der Waals surface area contributed by atoms with Crippen molar-refractivity contribution in [1.29, 1.82) is 0 Å². The molecule has 0 saturated carbocycles. The molecule has 0 aliphatic heterocycles. The second-order valence-corrected chi connectivity index (χ2v) is 3.70. The number of hydrogen-bond acceptors (Lipinski definition) is 4. The van der Waals surface area contributed by atoms with Crippen molar-refractivity contribution in [2.24, 2.45) is 5.73 Å². The van der Waals surface area contributed by atoms with Gasteiger partial charge in [0.2, 0.25) is 0 Å². The summed E-state index contributed by atoms with van der Waals surface area (Å²) in [6.07, 6.45) is 0.521. The Hall–Kier alpha value is -1.36. The number of benzene rings is 1. The Morgan fingerprint density at radius 3 is 2.65 bits per heavy atom. The number of hydrogen-bond donors (Lipinski definition) is 2. The molecule has 0 radical (unpaired) electrons. The molecule has 17 heavy (non-hydrogen) atoms. The van der Waals surface area contributed by atoms with E-state index in [1.165, 1.54) is 0 Å². The molecule has 0 saturated heterocycles.